The molecule has 8 heteroatoms. The third-order valence-electron chi connectivity index (χ3n) is 4.24. The van der Waals surface area contributed by atoms with Crippen LogP contribution in [0.5, 0.6) is 5.75 Å². The summed E-state index contributed by atoms with van der Waals surface area (Å²) in [5.41, 5.74) is 1.89. The summed E-state index contributed by atoms with van der Waals surface area (Å²) in [6, 6.07) is 15.6. The number of methoxy groups -OCH3 is 1. The summed E-state index contributed by atoms with van der Waals surface area (Å²) in [6.45, 7) is 1.94. The summed E-state index contributed by atoms with van der Waals surface area (Å²) < 4.78 is 6.55. The Morgan fingerprint density at radius 2 is 1.82 bits per heavy atom. The highest BCUT2D eigenvalue weighted by Crippen LogP contribution is 2.20. The fourth-order valence-electron chi connectivity index (χ4n) is 2.74. The molecular weight excluding hydrogens is 358 g/mol. The maximum absolute atomic E-state index is 12.5. The minimum absolute atomic E-state index is 0.233. The fraction of sp³-hybridized carbons (Fsp3) is 0.100. The third kappa shape index (κ3) is 3.35. The van der Waals surface area contributed by atoms with Crippen molar-refractivity contribution in [1.29, 1.82) is 0 Å². The zero-order valence-electron chi connectivity index (χ0n) is 15.3. The van der Waals surface area contributed by atoms with Crippen molar-refractivity contribution in [3.63, 3.8) is 0 Å². The number of H-pyrrole nitrogens is 1. The molecule has 4 rings (SSSR count). The molecule has 0 bridgehead atoms. The van der Waals surface area contributed by atoms with E-state index in [2.05, 4.69) is 20.4 Å². The van der Waals surface area contributed by atoms with E-state index in [1.165, 1.54) is 10.6 Å². The molecule has 0 spiro atoms. The molecule has 28 heavy (non-hydrogen) atoms. The second kappa shape index (κ2) is 6.99. The molecule has 8 nitrogen and oxygen atoms in total. The highest BCUT2D eigenvalue weighted by molar-refractivity contribution is 6.03. The van der Waals surface area contributed by atoms with Crippen LogP contribution < -0.4 is 15.6 Å². The first kappa shape index (κ1) is 17.5. The number of hydrogen-bond acceptors (Lipinski definition) is 5. The zero-order chi connectivity index (χ0) is 19.7. The van der Waals surface area contributed by atoms with Gasteiger partial charge in [0.2, 0.25) is 5.78 Å². The molecule has 0 aliphatic carbocycles. The Balaban J connectivity index is 1.71. The summed E-state index contributed by atoms with van der Waals surface area (Å²) in [5, 5.41) is 7.15. The maximum Gasteiger partial charge on any atom is 0.256 e. The van der Waals surface area contributed by atoms with E-state index >= 15 is 0 Å². The van der Waals surface area contributed by atoms with E-state index in [-0.39, 0.29) is 23.1 Å². The van der Waals surface area contributed by atoms with Gasteiger partial charge in [-0.3, -0.25) is 14.6 Å². The lowest BCUT2D eigenvalue weighted by Gasteiger charge is -2.06. The molecule has 0 unspecified atom stereocenters. The second-order valence-electron chi connectivity index (χ2n) is 6.24. The van der Waals surface area contributed by atoms with Crippen molar-refractivity contribution in [2.45, 2.75) is 6.92 Å². The lowest BCUT2D eigenvalue weighted by atomic mass is 10.1. The number of benzene rings is 2. The van der Waals surface area contributed by atoms with Crippen LogP contribution in [-0.4, -0.2) is 32.6 Å². The number of aryl methyl sites for hydroxylation is 1. The number of nitrogens with zero attached hydrogens (tertiary/aromatic N) is 3. The lowest BCUT2D eigenvalue weighted by Crippen LogP contribution is -2.18. The Hall–Kier alpha value is -3.94. The highest BCUT2D eigenvalue weighted by atomic mass is 16.5. The van der Waals surface area contributed by atoms with Gasteiger partial charge in [0, 0.05) is 17.2 Å². The van der Waals surface area contributed by atoms with Crippen molar-refractivity contribution in [2.75, 3.05) is 12.4 Å². The average Bonchev–Trinajstić information content (AvgIpc) is 3.12. The van der Waals surface area contributed by atoms with Crippen molar-refractivity contribution < 1.29 is 9.53 Å². The van der Waals surface area contributed by atoms with Gasteiger partial charge >= 0.3 is 0 Å². The largest absolute Gasteiger partial charge is 0.497 e. The predicted molar refractivity (Wildman–Crippen MR) is 105 cm³/mol. The van der Waals surface area contributed by atoms with Gasteiger partial charge in [-0.15, -0.1) is 5.10 Å². The molecule has 0 atom stereocenters. The fourth-order valence-corrected chi connectivity index (χ4v) is 2.74. The molecule has 0 saturated heterocycles. The number of aromatic nitrogens is 4. The molecule has 0 radical (unpaired) electrons. The molecule has 0 aliphatic heterocycles. The monoisotopic (exact) mass is 375 g/mol. The van der Waals surface area contributed by atoms with Gasteiger partial charge in [-0.05, 0) is 43.3 Å². The van der Waals surface area contributed by atoms with Crippen molar-refractivity contribution in [1.82, 2.24) is 19.6 Å². The Labute approximate surface area is 159 Å². The lowest BCUT2D eigenvalue weighted by molar-refractivity contribution is 0.102. The molecule has 0 saturated carbocycles. The van der Waals surface area contributed by atoms with Crippen molar-refractivity contribution in [3.05, 3.63) is 76.1 Å². The summed E-state index contributed by atoms with van der Waals surface area (Å²) in [7, 11) is 1.59. The van der Waals surface area contributed by atoms with Crippen molar-refractivity contribution in [3.8, 4) is 17.1 Å². The van der Waals surface area contributed by atoms with Gasteiger partial charge in [-0.1, -0.05) is 17.7 Å². The van der Waals surface area contributed by atoms with Gasteiger partial charge in [0.25, 0.3) is 11.5 Å². The van der Waals surface area contributed by atoms with Crippen LogP contribution >= 0.6 is 0 Å². The molecule has 2 aromatic carbocycles. The molecule has 0 aliphatic rings. The van der Waals surface area contributed by atoms with Crippen LogP contribution in [0.4, 0.5) is 5.82 Å². The average molecular weight is 375 g/mol. The van der Waals surface area contributed by atoms with Crippen LogP contribution in [0.1, 0.15) is 15.9 Å². The standard InChI is InChI=1S/C20H17N5O3/c1-12-3-5-14(6-4-12)19(27)21-16-11-17(26)22-20-23-18(24-25(16)20)13-7-9-15(28-2)10-8-13/h3-11H,1-2H3,(H,21,27)(H,22,23,24,26). The minimum Gasteiger partial charge on any atom is -0.497 e. The first-order valence-electron chi connectivity index (χ1n) is 8.56. The van der Waals surface area contributed by atoms with E-state index in [1.54, 1.807) is 31.4 Å². The predicted octanol–water partition coefficient (Wildman–Crippen LogP) is 2.65. The number of rotatable bonds is 4. The van der Waals surface area contributed by atoms with Gasteiger partial charge in [0.1, 0.15) is 11.6 Å². The number of fused-ring (bicyclic) bond motifs is 1. The molecule has 1 amide bonds. The summed E-state index contributed by atoms with van der Waals surface area (Å²) in [5.74, 6) is 1.25. The smallest absolute Gasteiger partial charge is 0.256 e. The first-order valence-corrected chi connectivity index (χ1v) is 8.56. The van der Waals surface area contributed by atoms with Crippen LogP contribution in [-0.2, 0) is 0 Å². The SMILES string of the molecule is COc1ccc(-c2nc3[nH]c(=O)cc(NC(=O)c4ccc(C)cc4)n3n2)cc1. The van der Waals surface area contributed by atoms with Gasteiger partial charge < -0.3 is 10.1 Å². The summed E-state index contributed by atoms with van der Waals surface area (Å²) in [4.78, 5) is 31.5. The van der Waals surface area contributed by atoms with Gasteiger partial charge in [0.15, 0.2) is 5.82 Å². The normalized spacial score (nSPS) is 10.8. The number of carbonyl (C=O) groups is 1. The number of hydrogen-bond donors (Lipinski definition) is 2. The second-order valence-corrected chi connectivity index (χ2v) is 6.24. The minimum atomic E-state index is -0.389. The van der Waals surface area contributed by atoms with Crippen LogP contribution in [0.25, 0.3) is 17.2 Å². The van der Waals surface area contributed by atoms with E-state index in [1.807, 2.05) is 31.2 Å². The maximum atomic E-state index is 12.5. The van der Waals surface area contributed by atoms with Crippen LogP contribution in [0.15, 0.2) is 59.4 Å². The molecule has 0 fully saturated rings. The molecule has 4 aromatic rings. The van der Waals surface area contributed by atoms with E-state index in [4.69, 9.17) is 4.74 Å². The van der Waals surface area contributed by atoms with Crippen LogP contribution in [0, 0.1) is 6.92 Å². The number of nitrogens with one attached hydrogen (secondary N) is 2. The van der Waals surface area contributed by atoms with Gasteiger partial charge in [0.05, 0.1) is 7.11 Å². The third-order valence-corrected chi connectivity index (χ3v) is 4.24. The van der Waals surface area contributed by atoms with Gasteiger partial charge in [-0.25, -0.2) is 0 Å². The highest BCUT2D eigenvalue weighted by Gasteiger charge is 2.14. The summed E-state index contributed by atoms with van der Waals surface area (Å²) >= 11 is 0. The Kier molecular flexibility index (Phi) is 4.36. The number of amides is 1. The number of carbonyl (C=O) groups excluding carboxylic acids is 1. The molecular formula is C20H17N5O3. The molecule has 2 aromatic heterocycles. The van der Waals surface area contributed by atoms with Crippen molar-refractivity contribution >= 4 is 17.5 Å². The quantitative estimate of drug-likeness (QED) is 0.571. The van der Waals surface area contributed by atoms with E-state index in [9.17, 15) is 9.59 Å². The van der Waals surface area contributed by atoms with Crippen LogP contribution in [0.2, 0.25) is 0 Å². The Morgan fingerprint density at radius 1 is 1.11 bits per heavy atom. The van der Waals surface area contributed by atoms with E-state index in [0.717, 1.165) is 11.1 Å². The first-order chi connectivity index (χ1) is 13.5. The van der Waals surface area contributed by atoms with Crippen LogP contribution in [0.3, 0.4) is 0 Å². The zero-order valence-corrected chi connectivity index (χ0v) is 15.3. The Morgan fingerprint density at radius 3 is 2.50 bits per heavy atom. The number of aromatic amines is 1. The molecule has 140 valence electrons. The van der Waals surface area contributed by atoms with E-state index < -0.39 is 0 Å². The van der Waals surface area contributed by atoms with Crippen molar-refractivity contribution in [2.24, 2.45) is 0 Å². The molecule has 2 heterocycles. The number of anilines is 1. The van der Waals surface area contributed by atoms with E-state index in [0.29, 0.717) is 17.1 Å². The molecule has 2 N–H and O–H groups in total. The summed E-state index contributed by atoms with van der Waals surface area (Å²) in [6.07, 6.45) is 0. The topological polar surface area (TPSA) is 101 Å². The van der Waals surface area contributed by atoms with Gasteiger partial charge in [-0.2, -0.15) is 9.50 Å². The number of ether oxygens (including phenoxy) is 1. The Bertz CT molecular complexity index is 1210.